The first-order chi connectivity index (χ1) is 66.5. The molecule has 9 aromatic carbocycles. The van der Waals surface area contributed by atoms with E-state index in [4.69, 9.17) is 86.6 Å². The molecule has 11 heterocycles. The Kier molecular flexibility index (Phi) is 30.7. The summed E-state index contributed by atoms with van der Waals surface area (Å²) in [5.41, 5.74) is 18.5. The minimum atomic E-state index is -0.435. The third-order valence-corrected chi connectivity index (χ3v) is 25.9. The quantitative estimate of drug-likeness (QED) is 0.0190. The Labute approximate surface area is 816 Å². The zero-order chi connectivity index (χ0) is 94.0. The Bertz CT molecular complexity index is 6920. The van der Waals surface area contributed by atoms with Crippen molar-refractivity contribution in [3.63, 3.8) is 0 Å². The maximum Gasteiger partial charge on any atom is 0.411 e. The maximum atomic E-state index is 13.0. The third-order valence-electron chi connectivity index (χ3n) is 24.4. The number of H-pyrrole nitrogens is 4. The van der Waals surface area contributed by atoms with Crippen LogP contribution in [0.5, 0.6) is 23.0 Å². The molecule has 4 N–H and O–H groups in total. The second kappa shape index (κ2) is 44.5. The number of terminal acetylenes is 1. The summed E-state index contributed by atoms with van der Waals surface area (Å²) in [6.07, 6.45) is 24.8. The van der Waals surface area contributed by atoms with Crippen molar-refractivity contribution < 1.29 is 47.5 Å². The highest BCUT2D eigenvalue weighted by atomic mass is 79.9. The van der Waals surface area contributed by atoms with Crippen molar-refractivity contribution in [2.24, 2.45) is 0 Å². The number of imidazole rings is 2. The van der Waals surface area contributed by atoms with E-state index >= 15 is 0 Å². The molecule has 20 rings (SSSR count). The van der Waals surface area contributed by atoms with Gasteiger partial charge in [0.1, 0.15) is 53.8 Å². The Morgan fingerprint density at radius 3 is 1.26 bits per heavy atom. The van der Waals surface area contributed by atoms with Crippen LogP contribution in [0.1, 0.15) is 137 Å². The van der Waals surface area contributed by atoms with Crippen molar-refractivity contribution >= 4 is 130 Å². The average Bonchev–Trinajstić information content (AvgIpc) is 1.64. The first-order valence-electron chi connectivity index (χ1n) is 45.4. The van der Waals surface area contributed by atoms with Crippen LogP contribution >= 0.6 is 63.0 Å². The van der Waals surface area contributed by atoms with Gasteiger partial charge in [-0.05, 0) is 237 Å². The van der Waals surface area contributed by atoms with Gasteiger partial charge in [-0.2, -0.15) is 5.10 Å². The van der Waals surface area contributed by atoms with Gasteiger partial charge in [-0.3, -0.25) is 19.4 Å². The number of thiocarbonyl (C=S) groups is 1. The van der Waals surface area contributed by atoms with Gasteiger partial charge in [-0.1, -0.05) is 154 Å². The molecular formula is C106H101BrCl3N15O10S. The zero-order valence-corrected chi connectivity index (χ0v) is 80.0. The lowest BCUT2D eigenvalue weighted by molar-refractivity contribution is 0.0888. The van der Waals surface area contributed by atoms with E-state index < -0.39 is 12.2 Å². The predicted molar refractivity (Wildman–Crippen MR) is 537 cm³/mol. The first-order valence-corrected chi connectivity index (χ1v) is 47.7. The molecule has 4 unspecified atom stereocenters. The first kappa shape index (κ1) is 93.9. The molecule has 4 atom stereocenters. The number of nitrogens with zero attached hydrogens (tertiary/aromatic N) is 11. The summed E-state index contributed by atoms with van der Waals surface area (Å²) >= 11 is 28.2. The number of para-hydroxylation sites is 1. The molecule has 136 heavy (non-hydrogen) atoms. The molecule has 3 amide bonds. The van der Waals surface area contributed by atoms with E-state index in [1.165, 1.54) is 45.2 Å². The van der Waals surface area contributed by atoms with E-state index in [-0.39, 0.29) is 43.5 Å². The number of aryl methyl sites for hydroxylation is 4. The number of carbonyl (C=O) groups excluding carboxylic acids is 3. The number of benzene rings is 9. The minimum Gasteiger partial charge on any atom is -0.494 e. The van der Waals surface area contributed by atoms with Gasteiger partial charge in [-0.25, -0.2) is 29.3 Å². The molecule has 0 radical (unpaired) electrons. The summed E-state index contributed by atoms with van der Waals surface area (Å²) < 4.78 is 47.0. The van der Waals surface area contributed by atoms with Crippen molar-refractivity contribution in [3.05, 3.63) is 343 Å². The molecule has 0 saturated heterocycles. The SMILES string of the molecule is C#CCOC(=O)N1CCc2c([nH]c3ccc(Cl)cc23)C1c1ccc(OCCCn2ccnc2)cc1.CC#CCOC(=O)N1CCc2c([nH]c3ccc(Cl)cc23)C1c1ccc(OCCCn2cncn2)cc1.CCCOC(=O)N1CCc2c([nH]c3ccc(Cl)cc23)C1c1ccc(OCCCn2ccnc2)cc1.Cc1ccc(C2c3[nH]c4ccc(Br)cc4c3CCN2C(=S)Oc2ccccc2)cc1. The van der Waals surface area contributed by atoms with Gasteiger partial charge in [0, 0.05) is 163 Å². The molecule has 0 bridgehead atoms. The molecule has 694 valence electrons. The number of aromatic amines is 4. The van der Waals surface area contributed by atoms with Crippen molar-refractivity contribution in [3.8, 4) is 47.2 Å². The van der Waals surface area contributed by atoms with Gasteiger partial charge in [-0.15, -0.1) is 12.3 Å². The van der Waals surface area contributed by atoms with Crippen LogP contribution in [-0.4, -0.2) is 163 Å². The van der Waals surface area contributed by atoms with E-state index in [9.17, 15) is 14.4 Å². The second-order valence-corrected chi connectivity index (χ2v) is 35.8. The second-order valence-electron chi connectivity index (χ2n) is 33.2. The number of nitrogens with one attached hydrogen (secondary N) is 4. The van der Waals surface area contributed by atoms with E-state index in [1.54, 1.807) is 46.5 Å². The summed E-state index contributed by atoms with van der Waals surface area (Å²) in [5.74, 6) is 11.0. The molecule has 4 aliphatic heterocycles. The van der Waals surface area contributed by atoms with E-state index in [1.807, 2.05) is 197 Å². The Morgan fingerprint density at radius 1 is 0.463 bits per heavy atom. The van der Waals surface area contributed by atoms with Crippen molar-refractivity contribution in [1.82, 2.24) is 73.4 Å². The van der Waals surface area contributed by atoms with Crippen LogP contribution in [0.15, 0.2) is 255 Å². The van der Waals surface area contributed by atoms with E-state index in [2.05, 4.69) is 128 Å². The zero-order valence-electron chi connectivity index (χ0n) is 75.3. The number of rotatable bonds is 24. The highest BCUT2D eigenvalue weighted by molar-refractivity contribution is 9.10. The van der Waals surface area contributed by atoms with Crippen molar-refractivity contribution in [2.75, 3.05) is 65.8 Å². The number of aromatic nitrogens is 11. The van der Waals surface area contributed by atoms with Crippen molar-refractivity contribution in [1.29, 1.82) is 0 Å². The fraction of sp³-hybridized carbons (Fsp3) is 0.264. The van der Waals surface area contributed by atoms with E-state index in [0.29, 0.717) is 79.1 Å². The smallest absolute Gasteiger partial charge is 0.411 e. The number of ether oxygens (including phenoxy) is 7. The monoisotopic (exact) mass is 1960 g/mol. The molecule has 30 heteroatoms. The lowest BCUT2D eigenvalue weighted by Gasteiger charge is -2.37. The molecule has 25 nitrogen and oxygen atoms in total. The van der Waals surface area contributed by atoms with Crippen molar-refractivity contribution in [2.45, 2.75) is 116 Å². The maximum absolute atomic E-state index is 13.0. The number of carbonyl (C=O) groups is 3. The van der Waals surface area contributed by atoms with Gasteiger partial charge >= 0.3 is 18.3 Å². The molecular weight excluding hydrogens is 1860 g/mol. The van der Waals surface area contributed by atoms with Gasteiger partial charge in [0.2, 0.25) is 0 Å². The fourth-order valence-electron chi connectivity index (χ4n) is 18.0. The predicted octanol–water partition coefficient (Wildman–Crippen LogP) is 22.7. The lowest BCUT2D eigenvalue weighted by atomic mass is 9.92. The van der Waals surface area contributed by atoms with Crippen LogP contribution in [0, 0.1) is 31.1 Å². The normalized spacial score (nSPS) is 15.2. The van der Waals surface area contributed by atoms with Crippen LogP contribution in [0.25, 0.3) is 43.6 Å². The number of halogens is 4. The van der Waals surface area contributed by atoms with Gasteiger partial charge in [0.15, 0.2) is 13.2 Å². The number of amides is 3. The highest BCUT2D eigenvalue weighted by Crippen LogP contribution is 2.46. The average molecular weight is 1960 g/mol. The van der Waals surface area contributed by atoms with Gasteiger partial charge < -0.3 is 67.1 Å². The third kappa shape index (κ3) is 22.2. The summed E-state index contributed by atoms with van der Waals surface area (Å²) in [7, 11) is 0. The van der Waals surface area contributed by atoms with Crippen LogP contribution in [0.3, 0.4) is 0 Å². The summed E-state index contributed by atoms with van der Waals surface area (Å²) in [5, 5.41) is 11.2. The van der Waals surface area contributed by atoms with E-state index in [0.717, 1.165) is 170 Å². The Hall–Kier alpha value is -13.9. The molecule has 4 aliphatic rings. The fourth-order valence-corrected chi connectivity index (χ4v) is 19.2. The number of fused-ring (bicyclic) bond motifs is 12. The number of hydrogen-bond donors (Lipinski definition) is 4. The van der Waals surface area contributed by atoms with Crippen LogP contribution in [-0.2, 0) is 59.5 Å². The van der Waals surface area contributed by atoms with Gasteiger partial charge in [0.25, 0.3) is 5.17 Å². The molecule has 0 spiro atoms. The molecule has 0 fully saturated rings. The van der Waals surface area contributed by atoms with Gasteiger partial charge in [0.05, 0.1) is 45.1 Å². The topological polar surface area (TPSA) is 258 Å². The summed E-state index contributed by atoms with van der Waals surface area (Å²) in [4.78, 5) is 72.8. The van der Waals surface area contributed by atoms with Crippen LogP contribution < -0.4 is 18.9 Å². The largest absolute Gasteiger partial charge is 0.494 e. The molecule has 0 saturated carbocycles. The molecule has 16 aromatic rings. The lowest BCUT2D eigenvalue weighted by Crippen LogP contribution is -2.42. The summed E-state index contributed by atoms with van der Waals surface area (Å²) in [6, 6.07) is 65.1. The summed E-state index contributed by atoms with van der Waals surface area (Å²) in [6.45, 7) is 12.9. The highest BCUT2D eigenvalue weighted by Gasteiger charge is 2.40. The number of hydrogen-bond acceptors (Lipinski definition) is 15. The standard InChI is InChI=1S/C27H26ClN5O3.C27H29ClN4O3.C27H25ClN4O3.C25H21BrN2OS/c1-2-3-14-36-27(34)33-13-11-22-23-16-20(28)7-10-24(23)31-25(22)26(33)19-5-8-21(9-6-19)35-15-4-12-32-18-29-17-30-32;2*1-2-15-35-27(33)32-13-10-22-23-17-20(28)6-9-24(23)30-25(22)26(32)19-4-7-21(8-5-19)34-16-3-12-31-14-11-29-18-31;1-16-7-9-17(10-8-16)24-23-20(21-15-18(26)11-12-22(21)27-23)13-14-28(24)25(30)29-19-5-3-2-4-6-19/h5-10,16-18,26,31H,4,11-15H2,1H3;4-9,11,14,17-18,26,30H,2-3,10,12-13,15-16H2,1H3;1,4-9,11,14,17-18,26,30H,3,10,12-13,15-16H2;2-12,15,24,27H,13-14H2,1H3. The van der Waals surface area contributed by atoms with Crippen LogP contribution in [0.2, 0.25) is 15.1 Å². The Morgan fingerprint density at radius 2 is 0.860 bits per heavy atom. The molecule has 7 aromatic heterocycles. The minimum absolute atomic E-state index is 0.0169. The van der Waals surface area contributed by atoms with Crippen LogP contribution in [0.4, 0.5) is 14.4 Å². The molecule has 0 aliphatic carbocycles. The Balaban J connectivity index is 0.000000126.